The molecule has 0 aliphatic rings. The topological polar surface area (TPSA) is 96.0 Å². The molecule has 12 heteroatoms. The van der Waals surface area contributed by atoms with Gasteiger partial charge in [-0.1, -0.05) is 43.1 Å². The number of benzene rings is 3. The maximum atomic E-state index is 13.9. The minimum Gasteiger partial charge on any atom is -0.497 e. The van der Waals surface area contributed by atoms with Gasteiger partial charge < -0.3 is 15.0 Å². The molecule has 220 valence electrons. The Hall–Kier alpha value is -3.34. The molecule has 0 unspecified atom stereocenters. The molecule has 3 aromatic rings. The number of nitrogens with one attached hydrogen (secondary N) is 1. The molecule has 2 amide bonds. The molecule has 0 aliphatic heterocycles. The van der Waals surface area contributed by atoms with Crippen molar-refractivity contribution in [3.8, 4) is 5.75 Å². The predicted molar refractivity (Wildman–Crippen MR) is 158 cm³/mol. The summed E-state index contributed by atoms with van der Waals surface area (Å²) in [5.74, 6) is -1.10. The second-order valence-electron chi connectivity index (χ2n) is 9.70. The predicted octanol–water partition coefficient (Wildman–Crippen LogP) is 5.53. The van der Waals surface area contributed by atoms with E-state index in [-0.39, 0.29) is 33.1 Å². The van der Waals surface area contributed by atoms with Crippen molar-refractivity contribution in [2.45, 2.75) is 38.3 Å². The average molecular weight is 625 g/mol. The Morgan fingerprint density at radius 3 is 2.07 bits per heavy atom. The lowest BCUT2D eigenvalue weighted by Gasteiger charge is -2.32. The first-order valence-electron chi connectivity index (χ1n) is 12.8. The number of sulfonamides is 1. The quantitative estimate of drug-likeness (QED) is 0.286. The van der Waals surface area contributed by atoms with Gasteiger partial charge in [0, 0.05) is 28.7 Å². The maximum Gasteiger partial charge on any atom is 0.264 e. The molecular formula is C29H32Cl2FN3O5S. The zero-order valence-corrected chi connectivity index (χ0v) is 25.4. The molecule has 0 aromatic heterocycles. The summed E-state index contributed by atoms with van der Waals surface area (Å²) >= 11 is 12.8. The highest BCUT2D eigenvalue weighted by Crippen LogP contribution is 2.29. The van der Waals surface area contributed by atoms with Gasteiger partial charge in [0.1, 0.15) is 24.2 Å². The molecule has 8 nitrogen and oxygen atoms in total. The monoisotopic (exact) mass is 623 g/mol. The number of carbonyl (C=O) groups is 2. The van der Waals surface area contributed by atoms with Crippen LogP contribution in [0.15, 0.2) is 71.6 Å². The molecule has 0 saturated heterocycles. The molecule has 41 heavy (non-hydrogen) atoms. The standard InChI is InChI=1S/C29H32Cl2FN3O5S/c1-19(2)16-33-29(37)20(3)34(17-25-26(30)6-5-7-27(25)31)28(36)18-35(22-10-8-21(32)9-11-22)41(38,39)24-14-12-23(40-4)13-15-24/h5-15,19-20H,16-18H2,1-4H3,(H,33,37)/t20-/m0/s1. The van der Waals surface area contributed by atoms with Crippen molar-refractivity contribution < 1.29 is 27.1 Å². The molecule has 0 radical (unpaired) electrons. The Labute approximate surface area is 250 Å². The number of ether oxygens (including phenoxy) is 1. The summed E-state index contributed by atoms with van der Waals surface area (Å²) in [6.07, 6.45) is 0. The fraction of sp³-hybridized carbons (Fsp3) is 0.310. The Morgan fingerprint density at radius 1 is 0.951 bits per heavy atom. The third-order valence-corrected chi connectivity index (χ3v) is 8.78. The fourth-order valence-corrected chi connectivity index (χ4v) is 5.83. The average Bonchev–Trinajstić information content (AvgIpc) is 2.94. The van der Waals surface area contributed by atoms with Crippen LogP contribution in [0, 0.1) is 11.7 Å². The lowest BCUT2D eigenvalue weighted by Crippen LogP contribution is -2.51. The first-order chi connectivity index (χ1) is 19.3. The van der Waals surface area contributed by atoms with E-state index in [1.165, 1.54) is 48.4 Å². The largest absolute Gasteiger partial charge is 0.497 e. The highest BCUT2D eigenvalue weighted by molar-refractivity contribution is 7.92. The van der Waals surface area contributed by atoms with Crippen LogP contribution in [0.25, 0.3) is 0 Å². The van der Waals surface area contributed by atoms with E-state index in [1.807, 2.05) is 13.8 Å². The van der Waals surface area contributed by atoms with E-state index in [0.29, 0.717) is 17.9 Å². The summed E-state index contributed by atoms with van der Waals surface area (Å²) < 4.78 is 47.4. The second kappa shape index (κ2) is 14.0. The van der Waals surface area contributed by atoms with Gasteiger partial charge in [-0.3, -0.25) is 13.9 Å². The molecular weight excluding hydrogens is 592 g/mol. The molecule has 0 fully saturated rings. The lowest BCUT2D eigenvalue weighted by molar-refractivity contribution is -0.139. The van der Waals surface area contributed by atoms with Crippen molar-refractivity contribution in [3.05, 3.63) is 88.2 Å². The van der Waals surface area contributed by atoms with Gasteiger partial charge in [0.15, 0.2) is 0 Å². The third-order valence-electron chi connectivity index (χ3n) is 6.28. The summed E-state index contributed by atoms with van der Waals surface area (Å²) in [7, 11) is -2.87. The van der Waals surface area contributed by atoms with Crippen LogP contribution in [-0.2, 0) is 26.2 Å². The summed E-state index contributed by atoms with van der Waals surface area (Å²) in [5.41, 5.74) is 0.460. The summed E-state index contributed by atoms with van der Waals surface area (Å²) in [6.45, 7) is 4.94. The molecule has 0 aliphatic carbocycles. The molecule has 0 heterocycles. The van der Waals surface area contributed by atoms with Crippen molar-refractivity contribution in [1.29, 1.82) is 0 Å². The Balaban J connectivity index is 2.05. The van der Waals surface area contributed by atoms with Crippen molar-refractivity contribution in [2.75, 3.05) is 24.5 Å². The van der Waals surface area contributed by atoms with Gasteiger partial charge >= 0.3 is 0 Å². The van der Waals surface area contributed by atoms with E-state index in [0.717, 1.165) is 16.4 Å². The van der Waals surface area contributed by atoms with Crippen LogP contribution >= 0.6 is 23.2 Å². The number of methoxy groups -OCH3 is 1. The van der Waals surface area contributed by atoms with Gasteiger partial charge in [0.05, 0.1) is 17.7 Å². The number of halogens is 3. The van der Waals surface area contributed by atoms with E-state index in [2.05, 4.69) is 5.32 Å². The molecule has 0 spiro atoms. The molecule has 3 aromatic carbocycles. The summed E-state index contributed by atoms with van der Waals surface area (Å²) in [5, 5.41) is 3.37. The number of hydrogen-bond acceptors (Lipinski definition) is 5. The van der Waals surface area contributed by atoms with E-state index in [4.69, 9.17) is 27.9 Å². The molecule has 1 N–H and O–H groups in total. The number of hydrogen-bond donors (Lipinski definition) is 1. The Bertz CT molecular complexity index is 1450. The SMILES string of the molecule is COc1ccc(S(=O)(=O)N(CC(=O)N(Cc2c(Cl)cccc2Cl)[C@@H](C)C(=O)NCC(C)C)c2ccc(F)cc2)cc1. The maximum absolute atomic E-state index is 13.9. The van der Waals surface area contributed by atoms with Crippen molar-refractivity contribution in [3.63, 3.8) is 0 Å². The Kier molecular flexibility index (Phi) is 11.0. The first kappa shape index (κ1) is 32.2. The smallest absolute Gasteiger partial charge is 0.264 e. The van der Waals surface area contributed by atoms with E-state index < -0.39 is 40.2 Å². The summed E-state index contributed by atoms with van der Waals surface area (Å²) in [4.78, 5) is 28.1. The van der Waals surface area contributed by atoms with Gasteiger partial charge in [-0.25, -0.2) is 12.8 Å². The number of carbonyl (C=O) groups excluding carboxylic acids is 2. The molecule has 1 atom stereocenters. The Morgan fingerprint density at radius 2 is 1.54 bits per heavy atom. The minimum absolute atomic E-state index is 0.0585. The zero-order valence-electron chi connectivity index (χ0n) is 23.1. The molecule has 0 saturated carbocycles. The third kappa shape index (κ3) is 8.12. The van der Waals surface area contributed by atoms with Crippen LogP contribution in [0.2, 0.25) is 10.0 Å². The summed E-state index contributed by atoms with van der Waals surface area (Å²) in [6, 6.07) is 14.2. The lowest BCUT2D eigenvalue weighted by atomic mass is 10.1. The second-order valence-corrected chi connectivity index (χ2v) is 12.4. The molecule has 0 bridgehead atoms. The number of amides is 2. The normalized spacial score (nSPS) is 12.1. The highest BCUT2D eigenvalue weighted by atomic mass is 35.5. The van der Waals surface area contributed by atoms with Crippen LogP contribution in [-0.4, -0.2) is 51.4 Å². The van der Waals surface area contributed by atoms with Crippen LogP contribution in [0.3, 0.4) is 0 Å². The molecule has 3 rings (SSSR count). The number of rotatable bonds is 12. The first-order valence-corrected chi connectivity index (χ1v) is 15.0. The van der Waals surface area contributed by atoms with Crippen LogP contribution < -0.4 is 14.4 Å². The number of nitrogens with zero attached hydrogens (tertiary/aromatic N) is 2. The van der Waals surface area contributed by atoms with Crippen molar-refractivity contribution >= 4 is 50.7 Å². The number of anilines is 1. The van der Waals surface area contributed by atoms with E-state index in [9.17, 15) is 22.4 Å². The minimum atomic E-state index is -4.32. The van der Waals surface area contributed by atoms with Gasteiger partial charge in [-0.15, -0.1) is 0 Å². The van der Waals surface area contributed by atoms with Crippen molar-refractivity contribution in [1.82, 2.24) is 10.2 Å². The van der Waals surface area contributed by atoms with Gasteiger partial charge in [-0.05, 0) is 73.5 Å². The van der Waals surface area contributed by atoms with Crippen LogP contribution in [0.1, 0.15) is 26.3 Å². The van der Waals surface area contributed by atoms with E-state index in [1.54, 1.807) is 25.1 Å². The van der Waals surface area contributed by atoms with Gasteiger partial charge in [0.25, 0.3) is 10.0 Å². The highest BCUT2D eigenvalue weighted by Gasteiger charge is 2.33. The van der Waals surface area contributed by atoms with Crippen molar-refractivity contribution in [2.24, 2.45) is 5.92 Å². The van der Waals surface area contributed by atoms with E-state index >= 15 is 0 Å². The van der Waals surface area contributed by atoms with Gasteiger partial charge in [0.2, 0.25) is 11.8 Å². The van der Waals surface area contributed by atoms with Crippen LogP contribution in [0.5, 0.6) is 5.75 Å². The van der Waals surface area contributed by atoms with Crippen LogP contribution in [0.4, 0.5) is 10.1 Å². The fourth-order valence-electron chi connectivity index (χ4n) is 3.90. The van der Waals surface area contributed by atoms with Gasteiger partial charge in [-0.2, -0.15) is 0 Å². The zero-order chi connectivity index (χ0) is 30.3.